The van der Waals surface area contributed by atoms with Crippen molar-refractivity contribution in [2.24, 2.45) is 5.73 Å². The van der Waals surface area contributed by atoms with Crippen LogP contribution in [-0.2, 0) is 4.79 Å². The highest BCUT2D eigenvalue weighted by molar-refractivity contribution is 5.94. The maximum atomic E-state index is 11.5. The molecule has 0 saturated carbocycles. The molecule has 0 spiro atoms. The summed E-state index contributed by atoms with van der Waals surface area (Å²) in [6.45, 7) is 1.58. The van der Waals surface area contributed by atoms with Crippen LogP contribution in [0.4, 0.5) is 5.69 Å². The minimum Gasteiger partial charge on any atom is -0.366 e. The summed E-state index contributed by atoms with van der Waals surface area (Å²) >= 11 is 0. The van der Waals surface area contributed by atoms with E-state index in [4.69, 9.17) is 5.73 Å². The maximum Gasteiger partial charge on any atom is 0.248 e. The number of benzene rings is 1. The van der Waals surface area contributed by atoms with Crippen molar-refractivity contribution in [2.45, 2.75) is 19.3 Å². The molecule has 0 aliphatic carbocycles. The molecule has 2 aliphatic rings. The zero-order valence-electron chi connectivity index (χ0n) is 10.3. The largest absolute Gasteiger partial charge is 0.366 e. The van der Waals surface area contributed by atoms with Gasteiger partial charge in [0.25, 0.3) is 0 Å². The van der Waals surface area contributed by atoms with Crippen molar-refractivity contribution < 1.29 is 4.79 Å². The molecule has 1 fully saturated rings. The highest BCUT2D eigenvalue weighted by Gasteiger charge is 2.33. The van der Waals surface area contributed by atoms with Crippen molar-refractivity contribution in [1.29, 1.82) is 0 Å². The van der Waals surface area contributed by atoms with Gasteiger partial charge in [-0.1, -0.05) is 18.2 Å². The lowest BCUT2D eigenvalue weighted by atomic mass is 10.1. The molecule has 1 aromatic rings. The summed E-state index contributed by atoms with van der Waals surface area (Å²) in [5.41, 5.74) is 8.51. The Morgan fingerprint density at radius 1 is 1.11 bits per heavy atom. The highest BCUT2D eigenvalue weighted by Crippen LogP contribution is 2.34. The monoisotopic (exact) mass is 243 g/mol. The van der Waals surface area contributed by atoms with Crippen LogP contribution in [0, 0.1) is 0 Å². The van der Waals surface area contributed by atoms with Crippen LogP contribution in [0.25, 0.3) is 0 Å². The van der Waals surface area contributed by atoms with Crippen molar-refractivity contribution in [3.8, 4) is 0 Å². The molecule has 0 bridgehead atoms. The number of carbonyl (C=O) groups is 1. The van der Waals surface area contributed by atoms with Gasteiger partial charge in [0.1, 0.15) is 0 Å². The number of hydrogen-bond acceptors (Lipinski definition) is 3. The van der Waals surface area contributed by atoms with Crippen LogP contribution in [0.2, 0.25) is 0 Å². The third-order valence-electron chi connectivity index (χ3n) is 3.64. The summed E-state index contributed by atoms with van der Waals surface area (Å²) in [5, 5.41) is 4.38. The second-order valence-electron chi connectivity index (χ2n) is 4.76. The summed E-state index contributed by atoms with van der Waals surface area (Å²) in [6, 6.07) is 10.2. The molecule has 0 aromatic heterocycles. The Bertz CT molecular complexity index is 495. The first kappa shape index (κ1) is 11.1. The Labute approximate surface area is 107 Å². The molecular weight excluding hydrogens is 226 g/mol. The maximum absolute atomic E-state index is 11.5. The smallest absolute Gasteiger partial charge is 0.248 e. The van der Waals surface area contributed by atoms with E-state index in [-0.39, 0.29) is 5.91 Å². The van der Waals surface area contributed by atoms with Gasteiger partial charge in [0.05, 0.1) is 17.8 Å². The number of anilines is 1. The van der Waals surface area contributed by atoms with Gasteiger partial charge in [0, 0.05) is 12.2 Å². The van der Waals surface area contributed by atoms with E-state index < -0.39 is 0 Å². The molecule has 18 heavy (non-hydrogen) atoms. The Morgan fingerprint density at radius 2 is 1.89 bits per heavy atom. The van der Waals surface area contributed by atoms with Gasteiger partial charge >= 0.3 is 0 Å². The third-order valence-corrected chi connectivity index (χ3v) is 3.64. The fourth-order valence-electron chi connectivity index (χ4n) is 2.77. The van der Waals surface area contributed by atoms with Crippen molar-refractivity contribution in [1.82, 2.24) is 5.01 Å². The second-order valence-corrected chi connectivity index (χ2v) is 4.76. The van der Waals surface area contributed by atoms with Gasteiger partial charge in [-0.3, -0.25) is 14.8 Å². The molecular formula is C14H17N3O. The summed E-state index contributed by atoms with van der Waals surface area (Å²) < 4.78 is 0. The molecule has 2 N–H and O–H groups in total. The van der Waals surface area contributed by atoms with Gasteiger partial charge in [-0.2, -0.15) is 0 Å². The number of fused-ring (bicyclic) bond motifs is 1. The van der Waals surface area contributed by atoms with Crippen molar-refractivity contribution in [3.05, 3.63) is 41.6 Å². The number of piperidine rings is 1. The normalized spacial score (nSPS) is 19.1. The lowest BCUT2D eigenvalue weighted by Crippen LogP contribution is -2.40. The van der Waals surface area contributed by atoms with E-state index in [2.05, 4.69) is 22.2 Å². The molecule has 0 atom stereocenters. The molecule has 4 nitrogen and oxygen atoms in total. The van der Waals surface area contributed by atoms with E-state index in [0.29, 0.717) is 6.54 Å². The predicted molar refractivity (Wildman–Crippen MR) is 70.6 cm³/mol. The van der Waals surface area contributed by atoms with E-state index in [1.807, 2.05) is 18.2 Å². The van der Waals surface area contributed by atoms with Crippen molar-refractivity contribution >= 4 is 11.6 Å². The minimum atomic E-state index is -0.282. The van der Waals surface area contributed by atoms with Gasteiger partial charge < -0.3 is 5.73 Å². The predicted octanol–water partition coefficient (Wildman–Crippen LogP) is 1.65. The van der Waals surface area contributed by atoms with E-state index >= 15 is 0 Å². The number of hydrogen-bond donors (Lipinski definition) is 1. The van der Waals surface area contributed by atoms with Crippen LogP contribution in [0.5, 0.6) is 0 Å². The van der Waals surface area contributed by atoms with E-state index in [9.17, 15) is 4.79 Å². The van der Waals surface area contributed by atoms with E-state index in [1.165, 1.54) is 6.42 Å². The number of amides is 1. The number of para-hydroxylation sites is 1. The number of allylic oxidation sites excluding steroid dienone is 1. The number of primary amides is 1. The molecule has 0 unspecified atom stereocenters. The zero-order valence-corrected chi connectivity index (χ0v) is 10.3. The number of carbonyl (C=O) groups excluding carboxylic acids is 1. The quantitative estimate of drug-likeness (QED) is 0.859. The number of nitrogens with zero attached hydrogens (tertiary/aromatic N) is 2. The summed E-state index contributed by atoms with van der Waals surface area (Å²) in [4.78, 5) is 11.5. The van der Waals surface area contributed by atoms with Crippen molar-refractivity contribution in [3.63, 3.8) is 0 Å². The first-order valence-corrected chi connectivity index (χ1v) is 6.39. The van der Waals surface area contributed by atoms with Crippen LogP contribution in [-0.4, -0.2) is 24.0 Å². The Kier molecular flexibility index (Phi) is 2.70. The fourth-order valence-corrected chi connectivity index (χ4v) is 2.77. The van der Waals surface area contributed by atoms with E-state index in [0.717, 1.165) is 36.3 Å². The van der Waals surface area contributed by atoms with Crippen LogP contribution >= 0.6 is 0 Å². The summed E-state index contributed by atoms with van der Waals surface area (Å²) in [7, 11) is 0. The molecule has 1 amide bonds. The number of hydrazine groups is 1. The standard InChI is InChI=1S/C14H17N3O/c15-14(18)12-10-17(11-6-2-1-3-7-11)16-9-5-4-8-13(12)16/h1-3,6-7H,4-5,8-10H2,(H2,15,18). The molecule has 94 valence electrons. The lowest BCUT2D eigenvalue weighted by Gasteiger charge is -2.36. The van der Waals surface area contributed by atoms with Crippen molar-refractivity contribution in [2.75, 3.05) is 18.1 Å². The van der Waals surface area contributed by atoms with Gasteiger partial charge in [-0.25, -0.2) is 0 Å². The van der Waals surface area contributed by atoms with Crippen LogP contribution in [0.1, 0.15) is 19.3 Å². The van der Waals surface area contributed by atoms with E-state index in [1.54, 1.807) is 0 Å². The number of rotatable bonds is 2. The molecule has 0 radical (unpaired) electrons. The first-order chi connectivity index (χ1) is 8.77. The van der Waals surface area contributed by atoms with Gasteiger partial charge in [0.15, 0.2) is 0 Å². The lowest BCUT2D eigenvalue weighted by molar-refractivity contribution is -0.114. The Morgan fingerprint density at radius 3 is 2.61 bits per heavy atom. The Hall–Kier alpha value is -1.97. The summed E-state index contributed by atoms with van der Waals surface area (Å²) in [6.07, 6.45) is 3.27. The van der Waals surface area contributed by atoms with Gasteiger partial charge in [0.2, 0.25) is 5.91 Å². The average molecular weight is 243 g/mol. The molecule has 2 aliphatic heterocycles. The Balaban J connectivity index is 1.95. The van der Waals surface area contributed by atoms with Gasteiger partial charge in [-0.15, -0.1) is 0 Å². The SMILES string of the molecule is NC(=O)C1=C2CCCCN2N(c2ccccc2)C1. The topological polar surface area (TPSA) is 49.6 Å². The molecule has 4 heteroatoms. The molecule has 3 rings (SSSR count). The van der Waals surface area contributed by atoms with Gasteiger partial charge in [-0.05, 0) is 31.4 Å². The number of nitrogens with two attached hydrogens (primary N) is 1. The zero-order chi connectivity index (χ0) is 12.5. The highest BCUT2D eigenvalue weighted by atomic mass is 16.1. The average Bonchev–Trinajstić information content (AvgIpc) is 2.79. The molecule has 2 heterocycles. The molecule has 1 aromatic carbocycles. The molecule has 1 saturated heterocycles. The third kappa shape index (κ3) is 1.74. The second kappa shape index (κ2) is 4.37. The van der Waals surface area contributed by atoms with Crippen LogP contribution in [0.15, 0.2) is 41.6 Å². The minimum absolute atomic E-state index is 0.282. The first-order valence-electron chi connectivity index (χ1n) is 6.39. The fraction of sp³-hybridized carbons (Fsp3) is 0.357. The van der Waals surface area contributed by atoms with Crippen LogP contribution < -0.4 is 10.7 Å². The summed E-state index contributed by atoms with van der Waals surface area (Å²) in [5.74, 6) is -0.282. The van der Waals surface area contributed by atoms with Crippen LogP contribution in [0.3, 0.4) is 0 Å².